The molecule has 2 saturated heterocycles. The molecule has 16 heteroatoms. The second kappa shape index (κ2) is 17.4. The average molecular weight is 854 g/mol. The summed E-state index contributed by atoms with van der Waals surface area (Å²) in [5.41, 5.74) is 7.32. The number of piperazine rings is 1. The molecule has 2 fully saturated rings. The topological polar surface area (TPSA) is 172 Å². The maximum absolute atomic E-state index is 13.9. The number of pyridine rings is 1. The maximum Gasteiger partial charge on any atom is 0.293 e. The van der Waals surface area contributed by atoms with E-state index in [-0.39, 0.29) is 28.3 Å². The number of aromatic nitrogens is 2. The van der Waals surface area contributed by atoms with Crippen molar-refractivity contribution in [1.82, 2.24) is 19.6 Å². The Kier molecular flexibility index (Phi) is 12.0. The van der Waals surface area contributed by atoms with Gasteiger partial charge in [0.15, 0.2) is 0 Å². The summed E-state index contributed by atoms with van der Waals surface area (Å²) in [6, 6.07) is 12.3. The minimum Gasteiger partial charge on any atom is -0.455 e. The number of nitro groups is 1. The van der Waals surface area contributed by atoms with Crippen molar-refractivity contribution in [3.05, 3.63) is 104 Å². The molecule has 0 saturated carbocycles. The lowest BCUT2D eigenvalue weighted by molar-refractivity contribution is -0.384. The number of nitro benzene ring substituents is 1. The Morgan fingerprint density at radius 2 is 1.88 bits per heavy atom. The molecule has 5 heterocycles. The van der Waals surface area contributed by atoms with Crippen LogP contribution in [-0.4, -0.2) is 86.6 Å². The Morgan fingerprint density at radius 3 is 2.63 bits per heavy atom. The number of hydrogen-bond donors (Lipinski definition) is 3. The third-order valence-electron chi connectivity index (χ3n) is 12.0. The Balaban J connectivity index is 1.01. The smallest absolute Gasteiger partial charge is 0.293 e. The summed E-state index contributed by atoms with van der Waals surface area (Å²) >= 11 is 1.77. The van der Waals surface area contributed by atoms with E-state index in [4.69, 9.17) is 9.47 Å². The molecule has 8 rings (SSSR count). The molecule has 3 aliphatic rings. The van der Waals surface area contributed by atoms with Crippen LogP contribution in [0.1, 0.15) is 67.4 Å². The third-order valence-corrected chi connectivity index (χ3v) is 14.1. The first kappa shape index (κ1) is 41.4. The molecule has 0 bridgehead atoms. The van der Waals surface area contributed by atoms with Crippen LogP contribution >= 0.6 is 11.3 Å². The number of hydrogen-bond acceptors (Lipinski definition) is 12. The average Bonchev–Trinajstić information content (AvgIpc) is 3.89. The van der Waals surface area contributed by atoms with Crippen molar-refractivity contribution in [3.8, 4) is 11.5 Å². The highest BCUT2D eigenvalue weighted by Crippen LogP contribution is 2.44. The van der Waals surface area contributed by atoms with Gasteiger partial charge in [0.2, 0.25) is 0 Å². The molecular weight excluding hydrogens is 803 g/mol. The van der Waals surface area contributed by atoms with E-state index in [1.807, 2.05) is 6.07 Å². The highest BCUT2D eigenvalue weighted by Gasteiger charge is 2.31. The minimum atomic E-state index is -4.54. The number of H-pyrrole nitrogens is 1. The first-order valence-electron chi connectivity index (χ1n) is 20.5. The number of allylic oxidation sites excluding steroid dienone is 1. The lowest BCUT2D eigenvalue weighted by Gasteiger charge is -2.39. The van der Waals surface area contributed by atoms with Gasteiger partial charge >= 0.3 is 0 Å². The van der Waals surface area contributed by atoms with Crippen molar-refractivity contribution >= 4 is 60.9 Å². The van der Waals surface area contributed by atoms with Gasteiger partial charge < -0.3 is 24.7 Å². The van der Waals surface area contributed by atoms with E-state index in [1.165, 1.54) is 47.0 Å². The summed E-state index contributed by atoms with van der Waals surface area (Å²) in [5.74, 6) is -0.160. The summed E-state index contributed by atoms with van der Waals surface area (Å²) < 4.78 is 41.2. The number of sulfonamides is 1. The number of carbonyl (C=O) groups is 1. The number of carbonyl (C=O) groups excluding carboxylic acids is 1. The molecule has 3 N–H and O–H groups in total. The van der Waals surface area contributed by atoms with E-state index in [0.29, 0.717) is 31.2 Å². The van der Waals surface area contributed by atoms with Gasteiger partial charge in [-0.15, -0.1) is 0 Å². The molecule has 14 nitrogen and oxygen atoms in total. The monoisotopic (exact) mass is 853 g/mol. The SMILES string of the molecule is Cc1cscc1C1=C(CN2CCN(c3ccc(C(=O)NS(=O)(=O)c4ccc(NCC5CCOCC5)c([N+](=O)[O-])c4)c(Oc4cnc5[nH]ccc5c4)c3)CC2)CCC(C)(C)C1. The lowest BCUT2D eigenvalue weighted by Crippen LogP contribution is -2.47. The molecular formula is C44H51N7O7S2. The van der Waals surface area contributed by atoms with Crippen LogP contribution in [0.3, 0.4) is 0 Å². The number of amides is 1. The number of anilines is 2. The van der Waals surface area contributed by atoms with E-state index in [1.54, 1.807) is 41.8 Å². The van der Waals surface area contributed by atoms with Gasteiger partial charge in [0.1, 0.15) is 22.8 Å². The van der Waals surface area contributed by atoms with Crippen molar-refractivity contribution in [3.63, 3.8) is 0 Å². The van der Waals surface area contributed by atoms with Crippen LogP contribution in [0.2, 0.25) is 0 Å². The number of aromatic amines is 1. The largest absolute Gasteiger partial charge is 0.455 e. The Hall–Kier alpha value is -5.29. The van der Waals surface area contributed by atoms with Crippen LogP contribution in [0.15, 0.2) is 82.2 Å². The second-order valence-corrected chi connectivity index (χ2v) is 19.3. The van der Waals surface area contributed by atoms with Gasteiger partial charge in [0.25, 0.3) is 21.6 Å². The highest BCUT2D eigenvalue weighted by atomic mass is 32.2. The van der Waals surface area contributed by atoms with Crippen LogP contribution in [0, 0.1) is 28.4 Å². The van der Waals surface area contributed by atoms with E-state index in [2.05, 4.69) is 61.3 Å². The number of rotatable bonds is 13. The molecule has 0 atom stereocenters. The molecule has 0 unspecified atom stereocenters. The van der Waals surface area contributed by atoms with Gasteiger partial charge in [0.05, 0.1) is 21.6 Å². The summed E-state index contributed by atoms with van der Waals surface area (Å²) in [7, 11) is -4.54. The predicted octanol–water partition coefficient (Wildman–Crippen LogP) is 8.38. The molecule has 1 aliphatic carbocycles. The van der Waals surface area contributed by atoms with Crippen molar-refractivity contribution in [2.75, 3.05) is 62.7 Å². The highest BCUT2D eigenvalue weighted by molar-refractivity contribution is 7.90. The summed E-state index contributed by atoms with van der Waals surface area (Å²) in [6.07, 6.45) is 8.30. The summed E-state index contributed by atoms with van der Waals surface area (Å²) in [5, 5.41) is 20.5. The molecule has 0 radical (unpaired) electrons. The van der Waals surface area contributed by atoms with Crippen LogP contribution in [0.5, 0.6) is 11.5 Å². The quantitative estimate of drug-likeness (QED) is 0.0768. The first-order valence-corrected chi connectivity index (χ1v) is 22.9. The van der Waals surface area contributed by atoms with Crippen LogP contribution in [0.4, 0.5) is 17.1 Å². The standard InChI is InChI=1S/C44H51N7O7S2/c1-29-27-59-28-38(29)37-23-44(2,3)12-8-32(37)26-49-14-16-50(17-15-49)33-4-6-36(41(21-33)58-34-20-31-9-13-45-42(31)47-25-34)43(52)48-60(55,56)35-5-7-39(40(22-35)51(53)54)46-24-30-10-18-57-19-11-30/h4-7,9,13,20-22,25,27-28,30,46H,8,10-12,14-19,23-24,26H2,1-3H3,(H,45,47)(H,48,52). The maximum atomic E-state index is 13.9. The van der Waals surface area contributed by atoms with Gasteiger partial charge in [-0.1, -0.05) is 19.4 Å². The Labute approximate surface area is 354 Å². The Morgan fingerprint density at radius 1 is 1.08 bits per heavy atom. The number of thiophene rings is 1. The number of ether oxygens (including phenoxy) is 2. The van der Waals surface area contributed by atoms with Crippen molar-refractivity contribution in [2.45, 2.75) is 57.8 Å². The summed E-state index contributed by atoms with van der Waals surface area (Å²) in [4.78, 5) is 37.2. The fourth-order valence-electron chi connectivity index (χ4n) is 8.40. The normalized spacial score (nSPS) is 17.8. The van der Waals surface area contributed by atoms with Gasteiger partial charge in [-0.25, -0.2) is 18.1 Å². The molecule has 60 heavy (non-hydrogen) atoms. The minimum absolute atomic E-state index is 0.0252. The fraction of sp³-hybridized carbons (Fsp3) is 0.409. The van der Waals surface area contributed by atoms with E-state index >= 15 is 0 Å². The van der Waals surface area contributed by atoms with Crippen LogP contribution < -0.4 is 19.7 Å². The first-order chi connectivity index (χ1) is 28.8. The van der Waals surface area contributed by atoms with E-state index in [9.17, 15) is 23.3 Å². The number of fused-ring (bicyclic) bond motifs is 1. The summed E-state index contributed by atoms with van der Waals surface area (Å²) in [6.45, 7) is 12.8. The van der Waals surface area contributed by atoms with Crippen LogP contribution in [-0.2, 0) is 14.8 Å². The third kappa shape index (κ3) is 9.36. The molecule has 2 aromatic carbocycles. The van der Waals surface area contributed by atoms with Gasteiger partial charge in [-0.3, -0.25) is 19.8 Å². The molecule has 0 spiro atoms. The zero-order valence-electron chi connectivity index (χ0n) is 34.2. The molecule has 5 aromatic rings. The zero-order valence-corrected chi connectivity index (χ0v) is 35.8. The number of nitrogens with one attached hydrogen (secondary N) is 3. The number of aryl methyl sites for hydroxylation is 1. The van der Waals surface area contributed by atoms with Crippen molar-refractivity contribution in [1.29, 1.82) is 0 Å². The van der Waals surface area contributed by atoms with Gasteiger partial charge in [-0.2, -0.15) is 11.3 Å². The predicted molar refractivity (Wildman–Crippen MR) is 235 cm³/mol. The van der Waals surface area contributed by atoms with E-state index < -0.39 is 31.4 Å². The number of nitrogens with zero attached hydrogens (tertiary/aromatic N) is 4. The van der Waals surface area contributed by atoms with Gasteiger partial charge in [-0.05, 0) is 114 Å². The molecule has 1 amide bonds. The Bertz CT molecular complexity index is 2530. The molecule has 3 aromatic heterocycles. The van der Waals surface area contributed by atoms with Crippen LogP contribution in [0.25, 0.3) is 16.6 Å². The second-order valence-electron chi connectivity index (χ2n) is 16.8. The zero-order chi connectivity index (χ0) is 42.0. The number of benzene rings is 2. The molecule has 316 valence electrons. The lowest BCUT2D eigenvalue weighted by atomic mass is 9.72. The van der Waals surface area contributed by atoms with Crippen molar-refractivity contribution < 1.29 is 27.6 Å². The fourth-order valence-corrected chi connectivity index (χ4v) is 10.2. The van der Waals surface area contributed by atoms with E-state index in [0.717, 1.165) is 75.5 Å². The van der Waals surface area contributed by atoms with Crippen molar-refractivity contribution in [2.24, 2.45) is 11.3 Å². The van der Waals surface area contributed by atoms with Gasteiger partial charge in [0, 0.05) is 81.9 Å². The molecule has 2 aliphatic heterocycles.